The number of aryl methyl sites for hydroxylation is 1. The fraction of sp³-hybridized carbons (Fsp3) is 0.500. The lowest BCUT2D eigenvalue weighted by Gasteiger charge is -1.99. The van der Waals surface area contributed by atoms with Gasteiger partial charge in [-0.3, -0.25) is 0 Å². The maximum atomic E-state index is 11.7. The van der Waals surface area contributed by atoms with Crippen molar-refractivity contribution in [1.82, 2.24) is 5.32 Å². The van der Waals surface area contributed by atoms with Crippen LogP contribution < -0.4 is 5.32 Å². The summed E-state index contributed by atoms with van der Waals surface area (Å²) in [5.74, 6) is 0. The van der Waals surface area contributed by atoms with Gasteiger partial charge < -0.3 is 5.32 Å². The van der Waals surface area contributed by atoms with E-state index < -0.39 is 0 Å². The average molecular weight is 173 g/mol. The lowest BCUT2D eigenvalue weighted by Crippen LogP contribution is -2.15. The van der Waals surface area contributed by atoms with E-state index in [0.717, 1.165) is 6.54 Å². The van der Waals surface area contributed by atoms with E-state index in [0.29, 0.717) is 6.54 Å². The van der Waals surface area contributed by atoms with Gasteiger partial charge in [-0.05, 0) is 28.8 Å². The first-order valence-corrected chi connectivity index (χ1v) is 4.57. The second-order valence-electron chi connectivity index (χ2n) is 2.45. The minimum Gasteiger partial charge on any atom is -0.310 e. The fourth-order valence-electron chi connectivity index (χ4n) is 0.858. The second kappa shape index (κ2) is 4.46. The van der Waals surface area contributed by atoms with E-state index in [2.05, 4.69) is 23.0 Å². The summed E-state index contributed by atoms with van der Waals surface area (Å²) in [7, 11) is 0. The number of alkyl halides is 1. The van der Waals surface area contributed by atoms with Crippen LogP contribution in [-0.4, -0.2) is 13.2 Å². The normalized spacial score (nSPS) is 10.4. The molecule has 0 bridgehead atoms. The predicted octanol–water partition coefficient (Wildman–Crippen LogP) is 2.12. The molecule has 1 heterocycles. The molecule has 0 radical (unpaired) electrons. The molecule has 0 aromatic carbocycles. The average Bonchev–Trinajstić information content (AvgIpc) is 2.37. The summed E-state index contributed by atoms with van der Waals surface area (Å²) in [4.78, 5) is 0. The first kappa shape index (κ1) is 8.68. The van der Waals surface area contributed by atoms with Gasteiger partial charge in [-0.2, -0.15) is 11.3 Å². The molecule has 0 spiro atoms. The van der Waals surface area contributed by atoms with Crippen molar-refractivity contribution in [2.24, 2.45) is 0 Å². The molecular formula is C8H12FNS. The Labute approximate surface area is 70.2 Å². The summed E-state index contributed by atoms with van der Waals surface area (Å²) in [6, 6.07) is 0. The van der Waals surface area contributed by atoms with E-state index in [1.54, 1.807) is 11.3 Å². The third-order valence-corrected chi connectivity index (χ3v) is 2.46. The first-order valence-electron chi connectivity index (χ1n) is 3.63. The number of rotatable bonds is 4. The van der Waals surface area contributed by atoms with Gasteiger partial charge in [0.15, 0.2) is 0 Å². The number of hydrogen-bond acceptors (Lipinski definition) is 2. The summed E-state index contributed by atoms with van der Waals surface area (Å²) in [6.07, 6.45) is 0. The van der Waals surface area contributed by atoms with Crippen LogP contribution in [0, 0.1) is 6.92 Å². The molecule has 0 fully saturated rings. The Balaban J connectivity index is 2.32. The van der Waals surface area contributed by atoms with Crippen molar-refractivity contribution in [2.45, 2.75) is 13.5 Å². The molecule has 0 aliphatic rings. The number of hydrogen-bond donors (Lipinski definition) is 1. The highest BCUT2D eigenvalue weighted by atomic mass is 32.1. The van der Waals surface area contributed by atoms with Crippen LogP contribution in [0.25, 0.3) is 0 Å². The zero-order valence-electron chi connectivity index (χ0n) is 6.56. The Morgan fingerprint density at radius 2 is 2.36 bits per heavy atom. The molecule has 1 rings (SSSR count). The van der Waals surface area contributed by atoms with Crippen molar-refractivity contribution in [3.63, 3.8) is 0 Å². The van der Waals surface area contributed by atoms with Crippen LogP contribution in [0.1, 0.15) is 11.1 Å². The molecule has 0 saturated heterocycles. The third-order valence-electron chi connectivity index (χ3n) is 1.55. The molecule has 62 valence electrons. The van der Waals surface area contributed by atoms with E-state index in [1.165, 1.54) is 11.1 Å². The zero-order chi connectivity index (χ0) is 8.10. The Morgan fingerprint density at radius 3 is 2.91 bits per heavy atom. The van der Waals surface area contributed by atoms with E-state index in [4.69, 9.17) is 0 Å². The summed E-state index contributed by atoms with van der Waals surface area (Å²) in [5, 5.41) is 7.21. The Bertz CT molecular complexity index is 210. The molecule has 3 heteroatoms. The first-order chi connectivity index (χ1) is 5.34. The van der Waals surface area contributed by atoms with Crippen molar-refractivity contribution in [3.05, 3.63) is 21.9 Å². The van der Waals surface area contributed by atoms with Gasteiger partial charge in [-0.25, -0.2) is 4.39 Å². The quantitative estimate of drug-likeness (QED) is 0.688. The molecule has 0 unspecified atom stereocenters. The monoisotopic (exact) mass is 173 g/mol. The van der Waals surface area contributed by atoms with Crippen molar-refractivity contribution in [1.29, 1.82) is 0 Å². The molecule has 1 N–H and O–H groups in total. The number of thiophene rings is 1. The molecule has 1 aromatic heterocycles. The van der Waals surface area contributed by atoms with Crippen molar-refractivity contribution < 1.29 is 4.39 Å². The minimum atomic E-state index is -0.289. The largest absolute Gasteiger partial charge is 0.310 e. The predicted molar refractivity (Wildman–Crippen MR) is 46.7 cm³/mol. The Hall–Kier alpha value is -0.410. The van der Waals surface area contributed by atoms with Crippen LogP contribution in [0.5, 0.6) is 0 Å². The van der Waals surface area contributed by atoms with Crippen molar-refractivity contribution in [3.8, 4) is 0 Å². The summed E-state index contributed by atoms with van der Waals surface area (Å²) < 4.78 is 11.7. The summed E-state index contributed by atoms with van der Waals surface area (Å²) >= 11 is 1.69. The van der Waals surface area contributed by atoms with Crippen molar-refractivity contribution >= 4 is 11.3 Å². The maximum Gasteiger partial charge on any atom is 0.102 e. The Morgan fingerprint density at radius 1 is 1.55 bits per heavy atom. The minimum absolute atomic E-state index is 0.289. The highest BCUT2D eigenvalue weighted by molar-refractivity contribution is 7.08. The van der Waals surface area contributed by atoms with Gasteiger partial charge in [0.25, 0.3) is 0 Å². The van der Waals surface area contributed by atoms with Crippen LogP contribution in [-0.2, 0) is 6.54 Å². The topological polar surface area (TPSA) is 12.0 Å². The standard InChI is InChI=1S/C8H12FNS/c1-7-5-11-6-8(7)4-10-3-2-9/h5-6,10H,2-4H2,1H3. The molecule has 1 nitrogen and oxygen atoms in total. The molecule has 11 heavy (non-hydrogen) atoms. The van der Waals surface area contributed by atoms with E-state index in [9.17, 15) is 4.39 Å². The van der Waals surface area contributed by atoms with Gasteiger partial charge in [-0.15, -0.1) is 0 Å². The molecule has 0 aliphatic heterocycles. The van der Waals surface area contributed by atoms with Gasteiger partial charge in [-0.1, -0.05) is 0 Å². The second-order valence-corrected chi connectivity index (χ2v) is 3.19. The summed E-state index contributed by atoms with van der Waals surface area (Å²) in [6.45, 7) is 3.03. The van der Waals surface area contributed by atoms with Crippen LogP contribution in [0.15, 0.2) is 10.8 Å². The van der Waals surface area contributed by atoms with Crippen LogP contribution in [0.4, 0.5) is 4.39 Å². The van der Waals surface area contributed by atoms with Gasteiger partial charge >= 0.3 is 0 Å². The van der Waals surface area contributed by atoms with Gasteiger partial charge in [0.1, 0.15) is 6.67 Å². The maximum absolute atomic E-state index is 11.7. The third kappa shape index (κ3) is 2.60. The van der Waals surface area contributed by atoms with Gasteiger partial charge in [0.2, 0.25) is 0 Å². The SMILES string of the molecule is Cc1cscc1CNCCF. The molecule has 0 aliphatic carbocycles. The highest BCUT2D eigenvalue weighted by Crippen LogP contribution is 2.12. The Kier molecular flexibility index (Phi) is 3.52. The molecular weight excluding hydrogens is 161 g/mol. The molecule has 0 atom stereocenters. The molecule has 0 amide bonds. The molecule has 0 saturated carbocycles. The fourth-order valence-corrected chi connectivity index (χ4v) is 1.71. The van der Waals surface area contributed by atoms with Crippen LogP contribution in [0.3, 0.4) is 0 Å². The molecule has 1 aromatic rings. The number of nitrogens with one attached hydrogen (secondary N) is 1. The van der Waals surface area contributed by atoms with E-state index in [1.807, 2.05) is 0 Å². The van der Waals surface area contributed by atoms with Gasteiger partial charge in [0.05, 0.1) is 0 Å². The number of halogens is 1. The van der Waals surface area contributed by atoms with E-state index >= 15 is 0 Å². The lowest BCUT2D eigenvalue weighted by atomic mass is 10.2. The smallest absolute Gasteiger partial charge is 0.102 e. The summed E-state index contributed by atoms with van der Waals surface area (Å²) in [5.41, 5.74) is 2.57. The highest BCUT2D eigenvalue weighted by Gasteiger charge is 1.96. The lowest BCUT2D eigenvalue weighted by molar-refractivity contribution is 0.467. The zero-order valence-corrected chi connectivity index (χ0v) is 7.38. The van der Waals surface area contributed by atoms with Crippen LogP contribution >= 0.6 is 11.3 Å². The van der Waals surface area contributed by atoms with Gasteiger partial charge in [0, 0.05) is 13.1 Å². The van der Waals surface area contributed by atoms with Crippen LogP contribution in [0.2, 0.25) is 0 Å². The van der Waals surface area contributed by atoms with E-state index in [-0.39, 0.29) is 6.67 Å². The van der Waals surface area contributed by atoms with Crippen molar-refractivity contribution in [2.75, 3.05) is 13.2 Å².